The Bertz CT molecular complexity index is 498. The third-order valence-corrected chi connectivity index (χ3v) is 3.06. The van der Waals surface area contributed by atoms with Gasteiger partial charge in [0.25, 0.3) is 0 Å². The summed E-state index contributed by atoms with van der Waals surface area (Å²) >= 11 is 0. The average molecular weight is 256 g/mol. The van der Waals surface area contributed by atoms with Crippen molar-refractivity contribution in [1.29, 1.82) is 0 Å². The zero-order valence-electron chi connectivity index (χ0n) is 11.5. The van der Waals surface area contributed by atoms with E-state index in [4.69, 9.17) is 4.74 Å². The van der Waals surface area contributed by atoms with E-state index in [2.05, 4.69) is 19.1 Å². The fraction of sp³-hybridized carbons (Fsp3) is 0.294. The number of benzene rings is 2. The summed E-state index contributed by atoms with van der Waals surface area (Å²) in [4.78, 5) is 0. The highest BCUT2D eigenvalue weighted by atomic mass is 16.5. The summed E-state index contributed by atoms with van der Waals surface area (Å²) in [5.41, 5.74) is 2.23. The van der Waals surface area contributed by atoms with E-state index >= 15 is 0 Å². The first-order valence-corrected chi connectivity index (χ1v) is 6.74. The number of hydrogen-bond acceptors (Lipinski definition) is 2. The van der Waals surface area contributed by atoms with Crippen molar-refractivity contribution in [2.24, 2.45) is 0 Å². The molecule has 0 saturated carbocycles. The molecule has 0 aromatic heterocycles. The maximum absolute atomic E-state index is 9.44. The minimum Gasteiger partial charge on any atom is -0.457 e. The molecule has 2 rings (SSSR count). The van der Waals surface area contributed by atoms with Crippen molar-refractivity contribution in [3.05, 3.63) is 59.7 Å². The minimum atomic E-state index is -0.442. The molecule has 0 aliphatic carbocycles. The number of ether oxygens (including phenoxy) is 1. The topological polar surface area (TPSA) is 29.5 Å². The lowest BCUT2D eigenvalue weighted by molar-refractivity contribution is 0.199. The van der Waals surface area contributed by atoms with Gasteiger partial charge in [-0.2, -0.15) is 0 Å². The van der Waals surface area contributed by atoms with Crippen molar-refractivity contribution in [3.63, 3.8) is 0 Å². The Morgan fingerprint density at radius 3 is 1.95 bits per heavy atom. The van der Waals surface area contributed by atoms with Crippen molar-refractivity contribution in [2.75, 3.05) is 0 Å². The summed E-state index contributed by atoms with van der Waals surface area (Å²) in [6.45, 7) is 3.93. The van der Waals surface area contributed by atoms with Gasteiger partial charge in [-0.1, -0.05) is 37.6 Å². The molecule has 19 heavy (non-hydrogen) atoms. The van der Waals surface area contributed by atoms with Crippen molar-refractivity contribution < 1.29 is 9.84 Å². The van der Waals surface area contributed by atoms with E-state index in [1.165, 1.54) is 5.56 Å². The van der Waals surface area contributed by atoms with Crippen LogP contribution in [0.3, 0.4) is 0 Å². The third-order valence-electron chi connectivity index (χ3n) is 3.06. The maximum Gasteiger partial charge on any atom is 0.127 e. The molecule has 2 aromatic rings. The second-order valence-electron chi connectivity index (χ2n) is 4.74. The molecule has 1 N–H and O–H groups in total. The third kappa shape index (κ3) is 3.83. The van der Waals surface area contributed by atoms with Crippen LogP contribution in [0.2, 0.25) is 0 Å². The second kappa shape index (κ2) is 6.39. The van der Waals surface area contributed by atoms with Gasteiger partial charge in [-0.25, -0.2) is 0 Å². The summed E-state index contributed by atoms with van der Waals surface area (Å²) in [6, 6.07) is 15.7. The highest BCUT2D eigenvalue weighted by molar-refractivity contribution is 5.35. The Labute approximate surface area is 114 Å². The molecule has 2 heteroatoms. The van der Waals surface area contributed by atoms with Gasteiger partial charge in [-0.3, -0.25) is 0 Å². The first kappa shape index (κ1) is 13.6. The molecule has 2 nitrogen and oxygen atoms in total. The Kier molecular flexibility index (Phi) is 4.58. The van der Waals surface area contributed by atoms with Crippen LogP contribution in [0.25, 0.3) is 0 Å². The Hall–Kier alpha value is -1.80. The molecule has 0 heterocycles. The van der Waals surface area contributed by atoms with E-state index in [1.54, 1.807) is 6.92 Å². The quantitative estimate of drug-likeness (QED) is 0.854. The van der Waals surface area contributed by atoms with E-state index in [0.717, 1.165) is 29.9 Å². The molecule has 0 saturated heterocycles. The van der Waals surface area contributed by atoms with Crippen LogP contribution in [0.5, 0.6) is 11.5 Å². The molecular formula is C17H20O2. The fourth-order valence-electron chi connectivity index (χ4n) is 1.96. The summed E-state index contributed by atoms with van der Waals surface area (Å²) in [7, 11) is 0. The molecule has 0 bridgehead atoms. The number of hydrogen-bond donors (Lipinski definition) is 1. The fourth-order valence-corrected chi connectivity index (χ4v) is 1.96. The van der Waals surface area contributed by atoms with Crippen LogP contribution in [-0.2, 0) is 6.42 Å². The minimum absolute atomic E-state index is 0.442. The first-order chi connectivity index (χ1) is 9.19. The van der Waals surface area contributed by atoms with E-state index in [0.29, 0.717) is 0 Å². The van der Waals surface area contributed by atoms with Crippen molar-refractivity contribution in [1.82, 2.24) is 0 Å². The van der Waals surface area contributed by atoms with Gasteiger partial charge in [-0.05, 0) is 48.7 Å². The Morgan fingerprint density at radius 2 is 1.47 bits per heavy atom. The van der Waals surface area contributed by atoms with Crippen LogP contribution in [0.15, 0.2) is 48.5 Å². The lowest BCUT2D eigenvalue weighted by Gasteiger charge is -2.08. The summed E-state index contributed by atoms with van der Waals surface area (Å²) in [5, 5.41) is 9.44. The lowest BCUT2D eigenvalue weighted by Crippen LogP contribution is -1.91. The van der Waals surface area contributed by atoms with E-state index in [-0.39, 0.29) is 0 Å². The van der Waals surface area contributed by atoms with Crippen LogP contribution in [0.4, 0.5) is 0 Å². The lowest BCUT2D eigenvalue weighted by atomic mass is 10.1. The van der Waals surface area contributed by atoms with Gasteiger partial charge in [0, 0.05) is 0 Å². The van der Waals surface area contributed by atoms with Gasteiger partial charge >= 0.3 is 0 Å². The molecule has 0 radical (unpaired) electrons. The Balaban J connectivity index is 2.04. The molecule has 0 spiro atoms. The zero-order chi connectivity index (χ0) is 13.7. The van der Waals surface area contributed by atoms with E-state index in [9.17, 15) is 5.11 Å². The largest absolute Gasteiger partial charge is 0.457 e. The van der Waals surface area contributed by atoms with E-state index in [1.807, 2.05) is 36.4 Å². The number of aliphatic hydroxyl groups is 1. The maximum atomic E-state index is 9.44. The smallest absolute Gasteiger partial charge is 0.127 e. The average Bonchev–Trinajstić information content (AvgIpc) is 2.42. The number of aliphatic hydroxyl groups excluding tert-OH is 1. The van der Waals surface area contributed by atoms with Crippen LogP contribution in [0, 0.1) is 0 Å². The van der Waals surface area contributed by atoms with Gasteiger partial charge < -0.3 is 9.84 Å². The summed E-state index contributed by atoms with van der Waals surface area (Å²) in [6.07, 6.45) is 1.81. The monoisotopic (exact) mass is 256 g/mol. The van der Waals surface area contributed by atoms with E-state index < -0.39 is 6.10 Å². The first-order valence-electron chi connectivity index (χ1n) is 6.74. The second-order valence-corrected chi connectivity index (χ2v) is 4.74. The van der Waals surface area contributed by atoms with Crippen LogP contribution >= 0.6 is 0 Å². The molecule has 100 valence electrons. The summed E-state index contributed by atoms with van der Waals surface area (Å²) in [5.74, 6) is 1.62. The normalized spacial score (nSPS) is 12.2. The van der Waals surface area contributed by atoms with Crippen LogP contribution < -0.4 is 4.74 Å². The van der Waals surface area contributed by atoms with Crippen molar-refractivity contribution >= 4 is 0 Å². The van der Waals surface area contributed by atoms with Gasteiger partial charge in [0.15, 0.2) is 0 Å². The van der Waals surface area contributed by atoms with Gasteiger partial charge in [-0.15, -0.1) is 0 Å². The molecule has 2 aromatic carbocycles. The number of rotatable bonds is 5. The molecule has 1 atom stereocenters. The molecular weight excluding hydrogens is 236 g/mol. The predicted molar refractivity (Wildman–Crippen MR) is 77.6 cm³/mol. The highest BCUT2D eigenvalue weighted by Crippen LogP contribution is 2.23. The SMILES string of the molecule is CCCc1ccc(Oc2ccc([C@H](C)O)cc2)cc1. The predicted octanol–water partition coefficient (Wildman–Crippen LogP) is 4.48. The van der Waals surface area contributed by atoms with Crippen LogP contribution in [0.1, 0.15) is 37.5 Å². The Morgan fingerprint density at radius 1 is 0.947 bits per heavy atom. The van der Waals surface area contributed by atoms with Gasteiger partial charge in [0.2, 0.25) is 0 Å². The molecule has 0 fully saturated rings. The van der Waals surface area contributed by atoms with Crippen molar-refractivity contribution in [3.8, 4) is 11.5 Å². The molecule has 0 aliphatic heterocycles. The molecule has 0 unspecified atom stereocenters. The van der Waals surface area contributed by atoms with Gasteiger partial charge in [0.1, 0.15) is 11.5 Å². The standard InChI is InChI=1S/C17H20O2/c1-3-4-14-5-9-16(10-6-14)19-17-11-7-15(8-12-17)13(2)18/h5-13,18H,3-4H2,1-2H3/t13-/m0/s1. The molecule has 0 aliphatic rings. The summed E-state index contributed by atoms with van der Waals surface area (Å²) < 4.78 is 5.76. The zero-order valence-corrected chi connectivity index (χ0v) is 11.5. The molecule has 0 amide bonds. The van der Waals surface area contributed by atoms with Gasteiger partial charge in [0.05, 0.1) is 6.10 Å². The van der Waals surface area contributed by atoms with Crippen LogP contribution in [-0.4, -0.2) is 5.11 Å². The van der Waals surface area contributed by atoms with Crippen molar-refractivity contribution in [2.45, 2.75) is 32.8 Å². The highest BCUT2D eigenvalue weighted by Gasteiger charge is 2.02. The number of aryl methyl sites for hydroxylation is 1.